The molecule has 0 aromatic rings. The summed E-state index contributed by atoms with van der Waals surface area (Å²) in [6, 6.07) is 0. The predicted molar refractivity (Wildman–Crippen MR) is 33.6 cm³/mol. The van der Waals surface area contributed by atoms with Crippen molar-refractivity contribution in [2.45, 2.75) is 19.8 Å². The van der Waals surface area contributed by atoms with E-state index in [-0.39, 0.29) is 0 Å². The Morgan fingerprint density at radius 1 is 1.71 bits per heavy atom. The fourth-order valence-corrected chi connectivity index (χ4v) is 0.316. The number of rotatable bonds is 3. The predicted octanol–water partition coefficient (Wildman–Crippen LogP) is 2.00. The van der Waals surface area contributed by atoms with Gasteiger partial charge in [0.1, 0.15) is 0 Å². The molecule has 0 aromatic heterocycles. The third-order valence-corrected chi connectivity index (χ3v) is 0.666. The molecule has 0 N–H and O–H groups in total. The standard InChI is InChI=1S/C6H11N/c1-3-4-5-6-7-2/h5-6H,2-4H2,1H3/b6-5-. The van der Waals surface area contributed by atoms with Gasteiger partial charge in [-0.15, -0.1) is 0 Å². The number of unbranched alkanes of at least 4 members (excludes halogenated alkanes) is 1. The smallest absolute Gasteiger partial charge is 0.0220 e. The minimum atomic E-state index is 1.11. The molecule has 7 heavy (non-hydrogen) atoms. The van der Waals surface area contributed by atoms with Gasteiger partial charge in [0.2, 0.25) is 0 Å². The first-order valence-corrected chi connectivity index (χ1v) is 2.52. The molecule has 0 spiro atoms. The highest BCUT2D eigenvalue weighted by atomic mass is 14.6. The highest BCUT2D eigenvalue weighted by Crippen LogP contribution is 1.86. The van der Waals surface area contributed by atoms with E-state index >= 15 is 0 Å². The summed E-state index contributed by atoms with van der Waals surface area (Å²) >= 11 is 0. The molecule has 0 saturated heterocycles. The van der Waals surface area contributed by atoms with Crippen LogP contribution < -0.4 is 0 Å². The van der Waals surface area contributed by atoms with Crippen LogP contribution in [0.2, 0.25) is 0 Å². The summed E-state index contributed by atoms with van der Waals surface area (Å²) in [5.41, 5.74) is 0. The van der Waals surface area contributed by atoms with Crippen molar-refractivity contribution >= 4 is 6.72 Å². The minimum absolute atomic E-state index is 1.11. The van der Waals surface area contributed by atoms with E-state index in [0.717, 1.165) is 6.42 Å². The van der Waals surface area contributed by atoms with Gasteiger partial charge < -0.3 is 0 Å². The van der Waals surface area contributed by atoms with Crippen LogP contribution in [0.1, 0.15) is 19.8 Å². The lowest BCUT2D eigenvalue weighted by atomic mass is 10.3. The van der Waals surface area contributed by atoms with Gasteiger partial charge in [0.15, 0.2) is 0 Å². The Labute approximate surface area is 44.8 Å². The van der Waals surface area contributed by atoms with Gasteiger partial charge in [0.25, 0.3) is 0 Å². The third-order valence-electron chi connectivity index (χ3n) is 0.666. The summed E-state index contributed by atoms with van der Waals surface area (Å²) in [5.74, 6) is 0. The van der Waals surface area contributed by atoms with Gasteiger partial charge in [-0.05, 0) is 13.1 Å². The SMILES string of the molecule is C=N/C=C\CCC. The van der Waals surface area contributed by atoms with Crippen LogP contribution in [0.25, 0.3) is 0 Å². The zero-order valence-corrected chi connectivity index (χ0v) is 4.72. The Bertz CT molecular complexity index is 64.6. The quantitative estimate of drug-likeness (QED) is 0.477. The monoisotopic (exact) mass is 97.1 g/mol. The first kappa shape index (κ1) is 6.41. The van der Waals surface area contributed by atoms with Crippen LogP contribution in [-0.2, 0) is 0 Å². The summed E-state index contributed by atoms with van der Waals surface area (Å²) in [5, 5.41) is 0. The first-order chi connectivity index (χ1) is 3.41. The van der Waals surface area contributed by atoms with Crippen LogP contribution in [0.4, 0.5) is 0 Å². The number of nitrogens with zero attached hydrogens (tertiary/aromatic N) is 1. The number of hydrogen-bond donors (Lipinski definition) is 0. The second-order valence-electron chi connectivity index (χ2n) is 1.36. The van der Waals surface area contributed by atoms with E-state index in [2.05, 4.69) is 18.6 Å². The Balaban J connectivity index is 2.92. The summed E-state index contributed by atoms with van der Waals surface area (Å²) in [6.45, 7) is 5.43. The van der Waals surface area contributed by atoms with Crippen LogP contribution in [0.5, 0.6) is 0 Å². The second kappa shape index (κ2) is 5.41. The molecule has 0 rings (SSSR count). The molecule has 0 atom stereocenters. The Morgan fingerprint density at radius 2 is 2.43 bits per heavy atom. The van der Waals surface area contributed by atoms with E-state index < -0.39 is 0 Å². The maximum absolute atomic E-state index is 3.54. The largest absolute Gasteiger partial charge is 0.273 e. The van der Waals surface area contributed by atoms with E-state index in [4.69, 9.17) is 0 Å². The molecular weight excluding hydrogens is 86.1 g/mol. The molecule has 1 heteroatoms. The molecule has 0 unspecified atom stereocenters. The van der Waals surface area contributed by atoms with Gasteiger partial charge in [-0.2, -0.15) is 0 Å². The van der Waals surface area contributed by atoms with Gasteiger partial charge in [0, 0.05) is 6.20 Å². The normalized spacial score (nSPS) is 9.86. The zero-order chi connectivity index (χ0) is 5.54. The van der Waals surface area contributed by atoms with Crippen molar-refractivity contribution in [3.8, 4) is 0 Å². The number of hydrogen-bond acceptors (Lipinski definition) is 1. The highest BCUT2D eigenvalue weighted by Gasteiger charge is 1.66. The van der Waals surface area contributed by atoms with Gasteiger partial charge in [-0.3, -0.25) is 4.99 Å². The summed E-state index contributed by atoms with van der Waals surface area (Å²) in [7, 11) is 0. The minimum Gasteiger partial charge on any atom is -0.273 e. The lowest BCUT2D eigenvalue weighted by molar-refractivity contribution is 0.956. The average molecular weight is 97.2 g/mol. The Kier molecular flexibility index (Phi) is 4.95. The molecule has 0 bridgehead atoms. The fraction of sp³-hybridized carbons (Fsp3) is 0.500. The van der Waals surface area contributed by atoms with Crippen molar-refractivity contribution in [1.29, 1.82) is 0 Å². The molecule has 0 amide bonds. The van der Waals surface area contributed by atoms with Crippen LogP contribution in [0.3, 0.4) is 0 Å². The van der Waals surface area contributed by atoms with E-state index in [9.17, 15) is 0 Å². The van der Waals surface area contributed by atoms with Crippen molar-refractivity contribution in [3.05, 3.63) is 12.3 Å². The van der Waals surface area contributed by atoms with Crippen molar-refractivity contribution in [3.63, 3.8) is 0 Å². The Hall–Kier alpha value is -0.590. The van der Waals surface area contributed by atoms with E-state index in [1.54, 1.807) is 6.20 Å². The molecule has 0 aromatic carbocycles. The molecule has 0 saturated carbocycles. The van der Waals surface area contributed by atoms with E-state index in [0.29, 0.717) is 0 Å². The first-order valence-electron chi connectivity index (χ1n) is 2.52. The van der Waals surface area contributed by atoms with Crippen molar-refractivity contribution in [2.24, 2.45) is 4.99 Å². The molecule has 0 aliphatic heterocycles. The van der Waals surface area contributed by atoms with Crippen LogP contribution in [-0.4, -0.2) is 6.72 Å². The van der Waals surface area contributed by atoms with E-state index in [1.807, 2.05) is 6.08 Å². The maximum atomic E-state index is 3.54. The third kappa shape index (κ3) is 5.41. The molecular formula is C6H11N. The van der Waals surface area contributed by atoms with Crippen LogP contribution in [0.15, 0.2) is 17.3 Å². The molecule has 0 aliphatic carbocycles. The topological polar surface area (TPSA) is 12.4 Å². The fourth-order valence-electron chi connectivity index (χ4n) is 0.316. The van der Waals surface area contributed by atoms with Gasteiger partial charge in [-0.25, -0.2) is 0 Å². The van der Waals surface area contributed by atoms with Gasteiger partial charge in [-0.1, -0.05) is 19.4 Å². The van der Waals surface area contributed by atoms with Gasteiger partial charge >= 0.3 is 0 Å². The van der Waals surface area contributed by atoms with Crippen molar-refractivity contribution < 1.29 is 0 Å². The second-order valence-corrected chi connectivity index (χ2v) is 1.36. The highest BCUT2D eigenvalue weighted by molar-refractivity contribution is 5.25. The molecule has 0 radical (unpaired) electrons. The van der Waals surface area contributed by atoms with Crippen LogP contribution in [0, 0.1) is 0 Å². The van der Waals surface area contributed by atoms with Gasteiger partial charge in [0.05, 0.1) is 0 Å². The lowest BCUT2D eigenvalue weighted by Gasteiger charge is -1.77. The van der Waals surface area contributed by atoms with E-state index in [1.165, 1.54) is 6.42 Å². The van der Waals surface area contributed by atoms with Crippen molar-refractivity contribution in [1.82, 2.24) is 0 Å². The van der Waals surface area contributed by atoms with Crippen molar-refractivity contribution in [2.75, 3.05) is 0 Å². The maximum Gasteiger partial charge on any atom is 0.0220 e. The van der Waals surface area contributed by atoms with Crippen LogP contribution >= 0.6 is 0 Å². The summed E-state index contributed by atoms with van der Waals surface area (Å²) in [6.07, 6.45) is 6.03. The molecule has 0 heterocycles. The molecule has 40 valence electrons. The number of aliphatic imine (C=N–C) groups is 1. The molecule has 0 aliphatic rings. The Morgan fingerprint density at radius 3 is 2.86 bits per heavy atom. The number of allylic oxidation sites excluding steroid dienone is 1. The average Bonchev–Trinajstić information content (AvgIpc) is 1.69. The summed E-state index contributed by atoms with van der Waals surface area (Å²) < 4.78 is 0. The zero-order valence-electron chi connectivity index (χ0n) is 4.72. The lowest BCUT2D eigenvalue weighted by Crippen LogP contribution is -1.57. The molecule has 1 nitrogen and oxygen atoms in total. The molecule has 0 fully saturated rings. The summed E-state index contributed by atoms with van der Waals surface area (Å²) in [4.78, 5) is 3.54.